The van der Waals surface area contributed by atoms with Gasteiger partial charge in [0.25, 0.3) is 0 Å². The summed E-state index contributed by atoms with van der Waals surface area (Å²) >= 11 is 0. The largest absolute Gasteiger partial charge is 0.458 e. The zero-order chi connectivity index (χ0) is 9.84. The second-order valence-corrected chi connectivity index (χ2v) is 2.96. The molecule has 0 unspecified atom stereocenters. The van der Waals surface area contributed by atoms with E-state index in [4.69, 9.17) is 4.74 Å². The Balaban J connectivity index is 2.62. The van der Waals surface area contributed by atoms with Crippen molar-refractivity contribution in [3.63, 3.8) is 0 Å². The van der Waals surface area contributed by atoms with Gasteiger partial charge in [-0.3, -0.25) is 14.9 Å². The average molecular weight is 185 g/mol. The van der Waals surface area contributed by atoms with Crippen molar-refractivity contribution in [2.75, 3.05) is 0 Å². The Morgan fingerprint density at radius 3 is 3.00 bits per heavy atom. The lowest BCUT2D eigenvalue weighted by molar-refractivity contribution is -0.429. The van der Waals surface area contributed by atoms with E-state index in [1.165, 1.54) is 13.0 Å². The van der Waals surface area contributed by atoms with E-state index in [9.17, 15) is 14.9 Å². The van der Waals surface area contributed by atoms with Crippen molar-refractivity contribution in [2.45, 2.75) is 32.3 Å². The lowest BCUT2D eigenvalue weighted by atomic mass is 10.0. The molecule has 0 amide bonds. The standard InChI is InChI=1S/C8H11NO4/c1-6(10)13-8-4-2-3-7(5-8)9(11)12/h5,8H,2-4H2,1H3/t8-/m1/s1. The summed E-state index contributed by atoms with van der Waals surface area (Å²) in [7, 11) is 0. The number of rotatable bonds is 2. The number of nitro groups is 1. The smallest absolute Gasteiger partial charge is 0.303 e. The summed E-state index contributed by atoms with van der Waals surface area (Å²) in [5, 5.41) is 10.4. The number of hydrogen-bond acceptors (Lipinski definition) is 4. The molecule has 0 N–H and O–H groups in total. The van der Waals surface area contributed by atoms with E-state index in [1.54, 1.807) is 0 Å². The second kappa shape index (κ2) is 4.02. The Bertz CT molecular complexity index is 259. The summed E-state index contributed by atoms with van der Waals surface area (Å²) in [5.41, 5.74) is 0.150. The van der Waals surface area contributed by atoms with Gasteiger partial charge in [-0.2, -0.15) is 0 Å². The molecule has 0 fully saturated rings. The molecule has 1 atom stereocenters. The van der Waals surface area contributed by atoms with Gasteiger partial charge in [0.15, 0.2) is 0 Å². The van der Waals surface area contributed by atoms with Crippen LogP contribution in [0.25, 0.3) is 0 Å². The molecule has 5 heteroatoms. The first-order valence-electron chi connectivity index (χ1n) is 4.12. The summed E-state index contributed by atoms with van der Waals surface area (Å²) in [6.07, 6.45) is 2.85. The van der Waals surface area contributed by atoms with Crippen molar-refractivity contribution in [2.24, 2.45) is 0 Å². The predicted octanol–water partition coefficient (Wildman–Crippen LogP) is 1.26. The first-order chi connectivity index (χ1) is 6.09. The highest BCUT2D eigenvalue weighted by Gasteiger charge is 2.22. The number of ether oxygens (including phenoxy) is 1. The van der Waals surface area contributed by atoms with Crippen molar-refractivity contribution in [3.05, 3.63) is 21.9 Å². The average Bonchev–Trinajstić information content (AvgIpc) is 2.03. The van der Waals surface area contributed by atoms with Crippen LogP contribution in [0.15, 0.2) is 11.8 Å². The van der Waals surface area contributed by atoms with Gasteiger partial charge in [0.1, 0.15) is 6.10 Å². The van der Waals surface area contributed by atoms with Crippen molar-refractivity contribution in [1.82, 2.24) is 0 Å². The van der Waals surface area contributed by atoms with Crippen LogP contribution in [0.1, 0.15) is 26.2 Å². The lowest BCUT2D eigenvalue weighted by Crippen LogP contribution is -2.19. The molecule has 5 nitrogen and oxygen atoms in total. The van der Waals surface area contributed by atoms with Gasteiger partial charge in [0.2, 0.25) is 5.70 Å². The lowest BCUT2D eigenvalue weighted by Gasteiger charge is -2.16. The minimum absolute atomic E-state index is 0.150. The van der Waals surface area contributed by atoms with Crippen molar-refractivity contribution < 1.29 is 14.5 Å². The molecule has 0 saturated carbocycles. The SMILES string of the molecule is CC(=O)O[C@H]1C=C([N+](=O)[O-])CCC1. The topological polar surface area (TPSA) is 69.4 Å². The monoisotopic (exact) mass is 185 g/mol. The van der Waals surface area contributed by atoms with Gasteiger partial charge in [-0.05, 0) is 12.8 Å². The number of esters is 1. The Morgan fingerprint density at radius 2 is 2.46 bits per heavy atom. The number of nitrogens with zero attached hydrogens (tertiary/aromatic N) is 1. The molecule has 0 saturated heterocycles. The first kappa shape index (κ1) is 9.70. The van der Waals surface area contributed by atoms with E-state index >= 15 is 0 Å². The van der Waals surface area contributed by atoms with Crippen LogP contribution >= 0.6 is 0 Å². The third-order valence-corrected chi connectivity index (χ3v) is 1.85. The first-order valence-corrected chi connectivity index (χ1v) is 4.12. The Morgan fingerprint density at radius 1 is 1.77 bits per heavy atom. The highest BCUT2D eigenvalue weighted by molar-refractivity contribution is 5.66. The van der Waals surface area contributed by atoms with Crippen LogP contribution in [-0.2, 0) is 9.53 Å². The molecule has 0 aliphatic heterocycles. The molecule has 0 radical (unpaired) electrons. The fourth-order valence-corrected chi connectivity index (χ4v) is 1.32. The Labute approximate surface area is 75.5 Å². The van der Waals surface area contributed by atoms with Gasteiger partial charge in [-0.25, -0.2) is 0 Å². The minimum atomic E-state index is -0.421. The molecule has 0 aromatic rings. The van der Waals surface area contributed by atoms with Crippen LogP contribution in [0.2, 0.25) is 0 Å². The van der Waals surface area contributed by atoms with Gasteiger partial charge in [-0.1, -0.05) is 0 Å². The third kappa shape index (κ3) is 2.85. The predicted molar refractivity (Wildman–Crippen MR) is 44.5 cm³/mol. The van der Waals surface area contributed by atoms with Crippen LogP contribution in [0.4, 0.5) is 0 Å². The molecule has 0 aromatic heterocycles. The summed E-state index contributed by atoms with van der Waals surface area (Å²) in [6, 6.07) is 0. The van der Waals surface area contributed by atoms with Crippen molar-refractivity contribution in [1.29, 1.82) is 0 Å². The number of carbonyl (C=O) groups excluding carboxylic acids is 1. The maximum Gasteiger partial charge on any atom is 0.303 e. The van der Waals surface area contributed by atoms with Gasteiger partial charge in [0.05, 0.1) is 4.92 Å². The second-order valence-electron chi connectivity index (χ2n) is 2.96. The molecule has 1 rings (SSSR count). The molecule has 13 heavy (non-hydrogen) atoms. The van der Waals surface area contributed by atoms with Crippen LogP contribution in [-0.4, -0.2) is 17.0 Å². The Kier molecular flexibility index (Phi) is 3.00. The maximum absolute atomic E-state index is 10.6. The summed E-state index contributed by atoms with van der Waals surface area (Å²) in [5.74, 6) is -0.397. The number of hydrogen-bond donors (Lipinski definition) is 0. The number of allylic oxidation sites excluding steroid dienone is 1. The zero-order valence-corrected chi connectivity index (χ0v) is 7.36. The molecular weight excluding hydrogens is 174 g/mol. The van der Waals surface area contributed by atoms with Crippen LogP contribution in [0.5, 0.6) is 0 Å². The van der Waals surface area contributed by atoms with E-state index in [0.29, 0.717) is 19.3 Å². The van der Waals surface area contributed by atoms with E-state index in [1.807, 2.05) is 0 Å². The van der Waals surface area contributed by atoms with Crippen LogP contribution in [0.3, 0.4) is 0 Å². The molecule has 72 valence electrons. The highest BCUT2D eigenvalue weighted by Crippen LogP contribution is 2.20. The van der Waals surface area contributed by atoms with Gasteiger partial charge in [0, 0.05) is 19.4 Å². The molecular formula is C8H11NO4. The molecule has 0 bridgehead atoms. The molecule has 1 aliphatic carbocycles. The minimum Gasteiger partial charge on any atom is -0.458 e. The molecule has 0 spiro atoms. The van der Waals surface area contributed by atoms with Crippen LogP contribution < -0.4 is 0 Å². The number of carbonyl (C=O) groups is 1. The molecule has 1 aliphatic rings. The Hall–Kier alpha value is -1.39. The molecule has 0 aromatic carbocycles. The van der Waals surface area contributed by atoms with Crippen LogP contribution in [0, 0.1) is 10.1 Å². The van der Waals surface area contributed by atoms with Crippen molar-refractivity contribution in [3.8, 4) is 0 Å². The maximum atomic E-state index is 10.6. The zero-order valence-electron chi connectivity index (χ0n) is 7.36. The summed E-state index contributed by atoms with van der Waals surface area (Å²) < 4.78 is 4.85. The fraction of sp³-hybridized carbons (Fsp3) is 0.625. The quantitative estimate of drug-likeness (QED) is 0.369. The van der Waals surface area contributed by atoms with E-state index in [2.05, 4.69) is 0 Å². The summed E-state index contributed by atoms with van der Waals surface area (Å²) in [4.78, 5) is 20.5. The van der Waals surface area contributed by atoms with Gasteiger partial charge < -0.3 is 4.74 Å². The fourth-order valence-electron chi connectivity index (χ4n) is 1.32. The molecule has 0 heterocycles. The van der Waals surface area contributed by atoms with Gasteiger partial charge >= 0.3 is 5.97 Å². The summed E-state index contributed by atoms with van der Waals surface area (Å²) in [6.45, 7) is 1.30. The van der Waals surface area contributed by atoms with E-state index in [-0.39, 0.29) is 5.70 Å². The van der Waals surface area contributed by atoms with Crippen molar-refractivity contribution >= 4 is 5.97 Å². The van der Waals surface area contributed by atoms with Gasteiger partial charge in [-0.15, -0.1) is 0 Å². The van der Waals surface area contributed by atoms with E-state index < -0.39 is 17.0 Å². The van der Waals surface area contributed by atoms with E-state index in [0.717, 1.165) is 0 Å². The normalized spacial score (nSPS) is 21.9. The highest BCUT2D eigenvalue weighted by atomic mass is 16.6. The third-order valence-electron chi connectivity index (χ3n) is 1.85.